The molecule has 0 aliphatic carbocycles. The molecule has 7 nitrogen and oxygen atoms in total. The van der Waals surface area contributed by atoms with Crippen LogP contribution in [0.5, 0.6) is 5.75 Å². The number of likely N-dealkylation sites (tertiary alicyclic amines) is 1. The molecule has 2 aromatic rings. The van der Waals surface area contributed by atoms with E-state index >= 15 is 0 Å². The second-order valence-electron chi connectivity index (χ2n) is 6.68. The smallest absolute Gasteiger partial charge is 0.294 e. The molecule has 1 N–H and O–H groups in total. The van der Waals surface area contributed by atoms with Crippen LogP contribution in [0.3, 0.4) is 0 Å². The van der Waals surface area contributed by atoms with Crippen LogP contribution in [0.1, 0.15) is 18.5 Å². The number of hydrogen-bond acceptors (Lipinski definition) is 5. The number of amides is 3. The summed E-state index contributed by atoms with van der Waals surface area (Å²) in [5, 5.41) is 9.03. The van der Waals surface area contributed by atoms with E-state index in [9.17, 15) is 19.5 Å². The molecule has 8 heteroatoms. The Bertz CT molecular complexity index is 958. The van der Waals surface area contributed by atoms with Crippen LogP contribution in [0, 0.1) is 0 Å². The summed E-state index contributed by atoms with van der Waals surface area (Å²) in [6.45, 7) is 1.16. The topological polar surface area (TPSA) is 82.9 Å². The fourth-order valence-electron chi connectivity index (χ4n) is 3.33. The number of rotatable bonds is 4. The first-order chi connectivity index (χ1) is 13.5. The first-order valence-corrected chi connectivity index (χ1v) is 9.84. The summed E-state index contributed by atoms with van der Waals surface area (Å²) in [6.07, 6.45) is 5.40. The fourth-order valence-corrected chi connectivity index (χ4v) is 4.16. The summed E-state index contributed by atoms with van der Waals surface area (Å²) in [5.41, 5.74) is 1.54. The van der Waals surface area contributed by atoms with Crippen molar-refractivity contribution in [2.45, 2.75) is 12.8 Å². The molecule has 144 valence electrons. The second-order valence-corrected chi connectivity index (χ2v) is 7.67. The average Bonchev–Trinajstić information content (AvgIpc) is 3.41. The van der Waals surface area contributed by atoms with Gasteiger partial charge in [-0.25, -0.2) is 0 Å². The highest BCUT2D eigenvalue weighted by molar-refractivity contribution is 8.18. The van der Waals surface area contributed by atoms with Crippen LogP contribution >= 0.6 is 11.8 Å². The van der Waals surface area contributed by atoms with Crippen molar-refractivity contribution in [3.05, 3.63) is 53.2 Å². The van der Waals surface area contributed by atoms with Gasteiger partial charge in [-0.3, -0.25) is 19.3 Å². The Kier molecular flexibility index (Phi) is 4.95. The lowest BCUT2D eigenvalue weighted by molar-refractivity contribution is -0.135. The molecule has 3 heterocycles. The van der Waals surface area contributed by atoms with Gasteiger partial charge in [-0.05, 0) is 67.1 Å². The monoisotopic (exact) mass is 397 g/mol. The van der Waals surface area contributed by atoms with Gasteiger partial charge >= 0.3 is 0 Å². The highest BCUT2D eigenvalue weighted by Crippen LogP contribution is 2.32. The number of imide groups is 1. The molecule has 0 radical (unpaired) electrons. The van der Waals surface area contributed by atoms with Crippen LogP contribution in [-0.4, -0.2) is 56.2 Å². The molecule has 1 aromatic carbocycles. The van der Waals surface area contributed by atoms with Crippen molar-refractivity contribution in [1.29, 1.82) is 0 Å². The first-order valence-electron chi connectivity index (χ1n) is 9.03. The maximum absolute atomic E-state index is 12.7. The van der Waals surface area contributed by atoms with E-state index in [1.807, 2.05) is 22.9 Å². The summed E-state index contributed by atoms with van der Waals surface area (Å²) < 4.78 is 1.85. The van der Waals surface area contributed by atoms with Gasteiger partial charge in [0.25, 0.3) is 11.1 Å². The largest absolute Gasteiger partial charge is 0.508 e. The summed E-state index contributed by atoms with van der Waals surface area (Å²) in [7, 11) is 0. The van der Waals surface area contributed by atoms with Gasteiger partial charge in [-0.1, -0.05) is 0 Å². The molecule has 0 bridgehead atoms. The SMILES string of the molecule is O=C(CN1C(=O)S/C(=C\c2cccn2-c2ccc(O)cc2)C1=O)N1CCCC1. The average molecular weight is 397 g/mol. The minimum absolute atomic E-state index is 0.168. The molecule has 0 unspecified atom stereocenters. The molecule has 2 aliphatic heterocycles. The number of carbonyl (C=O) groups excluding carboxylic acids is 3. The number of aromatic hydroxyl groups is 1. The normalized spacial score (nSPS) is 18.5. The summed E-state index contributed by atoms with van der Waals surface area (Å²) >= 11 is 0.845. The van der Waals surface area contributed by atoms with Crippen LogP contribution in [0.25, 0.3) is 11.8 Å². The van der Waals surface area contributed by atoms with Crippen molar-refractivity contribution in [3.63, 3.8) is 0 Å². The number of thioether (sulfide) groups is 1. The van der Waals surface area contributed by atoms with E-state index in [0.29, 0.717) is 13.1 Å². The Hall–Kier alpha value is -3.00. The van der Waals surface area contributed by atoms with Gasteiger partial charge in [0.05, 0.1) is 4.91 Å². The van der Waals surface area contributed by atoms with E-state index in [2.05, 4.69) is 0 Å². The summed E-state index contributed by atoms with van der Waals surface area (Å²) in [5.74, 6) is -0.462. The van der Waals surface area contributed by atoms with Gasteiger partial charge in [0, 0.05) is 30.7 Å². The van der Waals surface area contributed by atoms with Gasteiger partial charge in [-0.15, -0.1) is 0 Å². The van der Waals surface area contributed by atoms with E-state index in [0.717, 1.165) is 40.9 Å². The van der Waals surface area contributed by atoms with Crippen LogP contribution in [0.15, 0.2) is 47.5 Å². The van der Waals surface area contributed by atoms with E-state index in [1.165, 1.54) is 0 Å². The molecule has 0 atom stereocenters. The predicted molar refractivity (Wildman–Crippen MR) is 106 cm³/mol. The number of carbonyl (C=O) groups is 3. The van der Waals surface area contributed by atoms with Crippen molar-refractivity contribution in [3.8, 4) is 11.4 Å². The summed E-state index contributed by atoms with van der Waals surface area (Å²) in [4.78, 5) is 40.3. The van der Waals surface area contributed by atoms with E-state index in [-0.39, 0.29) is 23.1 Å². The third kappa shape index (κ3) is 3.55. The fraction of sp³-hybridized carbons (Fsp3) is 0.250. The molecular formula is C20H19N3O4S. The molecule has 2 aliphatic rings. The molecule has 0 saturated carbocycles. The van der Waals surface area contributed by atoms with E-state index in [1.54, 1.807) is 35.2 Å². The quantitative estimate of drug-likeness (QED) is 0.802. The number of phenolic OH excluding ortho intramolecular Hbond substituents is 1. The van der Waals surface area contributed by atoms with Gasteiger partial charge < -0.3 is 14.6 Å². The van der Waals surface area contributed by atoms with Crippen molar-refractivity contribution in [1.82, 2.24) is 14.4 Å². The van der Waals surface area contributed by atoms with Crippen LogP contribution in [0.2, 0.25) is 0 Å². The molecule has 2 saturated heterocycles. The number of hydrogen-bond donors (Lipinski definition) is 1. The Morgan fingerprint density at radius 2 is 1.82 bits per heavy atom. The van der Waals surface area contributed by atoms with Crippen molar-refractivity contribution in [2.75, 3.05) is 19.6 Å². The third-order valence-electron chi connectivity index (χ3n) is 4.81. The van der Waals surface area contributed by atoms with E-state index < -0.39 is 11.1 Å². The second kappa shape index (κ2) is 7.55. The number of benzene rings is 1. The molecule has 28 heavy (non-hydrogen) atoms. The molecule has 3 amide bonds. The van der Waals surface area contributed by atoms with Crippen LogP contribution < -0.4 is 0 Å². The zero-order valence-corrected chi connectivity index (χ0v) is 15.9. The van der Waals surface area contributed by atoms with Gasteiger partial charge in [0.1, 0.15) is 12.3 Å². The summed E-state index contributed by atoms with van der Waals surface area (Å²) in [6, 6.07) is 10.3. The lowest BCUT2D eigenvalue weighted by Crippen LogP contribution is -2.40. The highest BCUT2D eigenvalue weighted by Gasteiger charge is 2.37. The van der Waals surface area contributed by atoms with Crippen LogP contribution in [-0.2, 0) is 9.59 Å². The third-order valence-corrected chi connectivity index (χ3v) is 5.72. The lowest BCUT2D eigenvalue weighted by atomic mass is 10.3. The zero-order chi connectivity index (χ0) is 19.7. The number of nitrogens with zero attached hydrogens (tertiary/aromatic N) is 3. The first kappa shape index (κ1) is 18.4. The Morgan fingerprint density at radius 3 is 2.54 bits per heavy atom. The Morgan fingerprint density at radius 1 is 1.11 bits per heavy atom. The van der Waals surface area contributed by atoms with Crippen molar-refractivity contribution < 1.29 is 19.5 Å². The standard InChI is InChI=1S/C20H19N3O4S/c24-16-7-5-14(6-8-16)22-11-3-4-15(22)12-17-19(26)23(20(27)28-17)13-18(25)21-9-1-2-10-21/h3-8,11-12,24H,1-2,9-10,13H2/b17-12-. The Balaban J connectivity index is 1.54. The van der Waals surface area contributed by atoms with Gasteiger partial charge in [-0.2, -0.15) is 0 Å². The maximum Gasteiger partial charge on any atom is 0.294 e. The van der Waals surface area contributed by atoms with Crippen LogP contribution in [0.4, 0.5) is 4.79 Å². The zero-order valence-electron chi connectivity index (χ0n) is 15.1. The number of phenols is 1. The number of aromatic nitrogens is 1. The molecular weight excluding hydrogens is 378 g/mol. The maximum atomic E-state index is 12.7. The molecule has 0 spiro atoms. The Labute approximate surface area is 166 Å². The van der Waals surface area contributed by atoms with Crippen molar-refractivity contribution >= 4 is 34.9 Å². The van der Waals surface area contributed by atoms with E-state index in [4.69, 9.17) is 0 Å². The van der Waals surface area contributed by atoms with Crippen molar-refractivity contribution in [2.24, 2.45) is 0 Å². The molecule has 2 fully saturated rings. The predicted octanol–water partition coefficient (Wildman–Crippen LogP) is 2.84. The minimum Gasteiger partial charge on any atom is -0.508 e. The van der Waals surface area contributed by atoms with Gasteiger partial charge in [0.15, 0.2) is 0 Å². The molecule has 4 rings (SSSR count). The molecule has 1 aromatic heterocycles. The lowest BCUT2D eigenvalue weighted by Gasteiger charge is -2.18. The van der Waals surface area contributed by atoms with Gasteiger partial charge in [0.2, 0.25) is 5.91 Å². The highest BCUT2D eigenvalue weighted by atomic mass is 32.2. The minimum atomic E-state index is -0.444.